The first-order chi connectivity index (χ1) is 4.62. The molecular formula is C8H16NO. The lowest BCUT2D eigenvalue weighted by atomic mass is 10.1. The lowest BCUT2D eigenvalue weighted by Gasteiger charge is -2.20. The molecule has 0 aromatic carbocycles. The minimum atomic E-state index is -0.310. The molecule has 0 spiro atoms. The number of rotatable bonds is 5. The fraction of sp³-hybridized carbons (Fsp3) is 0.750. The fourth-order valence-corrected chi connectivity index (χ4v) is 0.467. The Bertz CT molecular complexity index is 99.4. The van der Waals surface area contributed by atoms with Crippen molar-refractivity contribution in [1.29, 1.82) is 0 Å². The van der Waals surface area contributed by atoms with Crippen molar-refractivity contribution in [3.63, 3.8) is 0 Å². The highest BCUT2D eigenvalue weighted by molar-refractivity contribution is 4.86. The molecular weight excluding hydrogens is 126 g/mol. The van der Waals surface area contributed by atoms with E-state index in [0.29, 0.717) is 13.2 Å². The predicted octanol–water partition coefficient (Wildman–Crippen LogP) is 1.12. The quantitative estimate of drug-likeness (QED) is 0.584. The molecule has 1 radical (unpaired) electrons. The second kappa shape index (κ2) is 4.47. The van der Waals surface area contributed by atoms with Gasteiger partial charge in [-0.2, -0.15) is 0 Å². The van der Waals surface area contributed by atoms with E-state index in [9.17, 15) is 0 Å². The van der Waals surface area contributed by atoms with Gasteiger partial charge in [-0.15, -0.1) is 0 Å². The minimum absolute atomic E-state index is 0.310. The summed E-state index contributed by atoms with van der Waals surface area (Å²) in [6.07, 6.45) is 2.43. The molecule has 0 aromatic heterocycles. The largest absolute Gasteiger partial charge is 0.371 e. The van der Waals surface area contributed by atoms with E-state index in [-0.39, 0.29) is 5.60 Å². The number of ether oxygens (including phenoxy) is 1. The number of nitrogens with two attached hydrogens (primary N) is 1. The van der Waals surface area contributed by atoms with Gasteiger partial charge in [0.05, 0.1) is 5.60 Å². The Balaban J connectivity index is 3.37. The maximum atomic E-state index is 5.36. The molecule has 0 rings (SSSR count). The van der Waals surface area contributed by atoms with Gasteiger partial charge in [0.15, 0.2) is 0 Å². The van der Waals surface area contributed by atoms with Crippen molar-refractivity contribution < 1.29 is 4.74 Å². The van der Waals surface area contributed by atoms with E-state index >= 15 is 0 Å². The first-order valence-electron chi connectivity index (χ1n) is 3.52. The van der Waals surface area contributed by atoms with Crippen LogP contribution in [0.4, 0.5) is 0 Å². The van der Waals surface area contributed by atoms with Crippen LogP contribution in [-0.2, 0) is 4.74 Å². The Labute approximate surface area is 63.1 Å². The third kappa shape index (κ3) is 4.53. The number of hydrogen-bond acceptors (Lipinski definition) is 2. The molecule has 0 saturated heterocycles. The van der Waals surface area contributed by atoms with Crippen LogP contribution in [0.1, 0.15) is 20.3 Å². The van der Waals surface area contributed by atoms with Crippen LogP contribution in [-0.4, -0.2) is 18.8 Å². The molecule has 2 heteroatoms. The Hall–Kier alpha value is -0.340. The van der Waals surface area contributed by atoms with Crippen molar-refractivity contribution in [3.8, 4) is 0 Å². The Morgan fingerprint density at radius 3 is 2.60 bits per heavy atom. The lowest BCUT2D eigenvalue weighted by molar-refractivity contribution is 0.0193. The number of hydrogen-bond donors (Lipinski definition) is 1. The highest BCUT2D eigenvalue weighted by atomic mass is 16.5. The van der Waals surface area contributed by atoms with Crippen LogP contribution in [0.3, 0.4) is 0 Å². The van der Waals surface area contributed by atoms with E-state index in [2.05, 4.69) is 0 Å². The van der Waals surface area contributed by atoms with E-state index in [1.54, 1.807) is 6.08 Å². The Kier molecular flexibility index (Phi) is 4.32. The van der Waals surface area contributed by atoms with Gasteiger partial charge in [0.2, 0.25) is 0 Å². The molecule has 0 amide bonds. The van der Waals surface area contributed by atoms with Gasteiger partial charge in [-0.05, 0) is 26.8 Å². The van der Waals surface area contributed by atoms with Gasteiger partial charge in [0.1, 0.15) is 0 Å². The first-order valence-corrected chi connectivity index (χ1v) is 3.52. The summed E-state index contributed by atoms with van der Waals surface area (Å²) in [7, 11) is 0. The first kappa shape index (κ1) is 9.66. The zero-order valence-electron chi connectivity index (χ0n) is 6.76. The average Bonchev–Trinajstić information content (AvgIpc) is 1.89. The van der Waals surface area contributed by atoms with Crippen molar-refractivity contribution in [1.82, 2.24) is 0 Å². The second-order valence-electron chi connectivity index (χ2n) is 2.76. The monoisotopic (exact) mass is 142 g/mol. The van der Waals surface area contributed by atoms with Crippen molar-refractivity contribution in [2.45, 2.75) is 25.9 Å². The second-order valence-corrected chi connectivity index (χ2v) is 2.76. The van der Waals surface area contributed by atoms with Crippen LogP contribution in [0.25, 0.3) is 0 Å². The van der Waals surface area contributed by atoms with Gasteiger partial charge >= 0.3 is 0 Å². The molecule has 10 heavy (non-hydrogen) atoms. The summed E-state index contributed by atoms with van der Waals surface area (Å²) in [5.41, 5.74) is 4.97. The molecule has 0 saturated carbocycles. The maximum absolute atomic E-state index is 5.36. The lowest BCUT2D eigenvalue weighted by Crippen LogP contribution is -2.22. The zero-order chi connectivity index (χ0) is 8.04. The maximum Gasteiger partial charge on any atom is 0.0809 e. The molecule has 2 nitrogen and oxygen atoms in total. The van der Waals surface area contributed by atoms with E-state index < -0.39 is 0 Å². The highest BCUT2D eigenvalue weighted by Gasteiger charge is 2.11. The standard InChI is InChI=1S/C8H16NO/c1-4-8(2,3)10-7-5-6-9/h1,4H,5-7,9H2,2-3H3. The topological polar surface area (TPSA) is 35.2 Å². The van der Waals surface area contributed by atoms with Gasteiger partial charge in [-0.25, -0.2) is 0 Å². The molecule has 0 aliphatic rings. The summed E-state index contributed by atoms with van der Waals surface area (Å²) >= 11 is 0. The van der Waals surface area contributed by atoms with Crippen molar-refractivity contribution in [3.05, 3.63) is 12.7 Å². The third-order valence-corrected chi connectivity index (χ3v) is 1.22. The van der Waals surface area contributed by atoms with Crippen LogP contribution in [0.2, 0.25) is 0 Å². The Morgan fingerprint density at radius 2 is 2.20 bits per heavy atom. The molecule has 0 fully saturated rings. The fourth-order valence-electron chi connectivity index (χ4n) is 0.467. The summed E-state index contributed by atoms with van der Waals surface area (Å²) in [5.74, 6) is 0. The van der Waals surface area contributed by atoms with Crippen molar-refractivity contribution >= 4 is 0 Å². The molecule has 0 atom stereocenters. The minimum Gasteiger partial charge on any atom is -0.371 e. The van der Waals surface area contributed by atoms with Gasteiger partial charge in [0.25, 0.3) is 0 Å². The molecule has 2 N–H and O–H groups in total. The normalized spacial score (nSPS) is 11.5. The van der Waals surface area contributed by atoms with E-state index in [1.807, 2.05) is 13.8 Å². The molecule has 59 valence electrons. The molecule has 0 aliphatic heterocycles. The summed E-state index contributed by atoms with van der Waals surface area (Å²) in [5, 5.41) is 0. The van der Waals surface area contributed by atoms with Crippen molar-refractivity contribution in [2.75, 3.05) is 13.2 Å². The zero-order valence-corrected chi connectivity index (χ0v) is 6.76. The van der Waals surface area contributed by atoms with Crippen LogP contribution < -0.4 is 5.73 Å². The molecule has 0 bridgehead atoms. The Morgan fingerprint density at radius 1 is 1.60 bits per heavy atom. The van der Waals surface area contributed by atoms with Gasteiger partial charge in [0, 0.05) is 6.61 Å². The van der Waals surface area contributed by atoms with Crippen LogP contribution in [0.15, 0.2) is 6.08 Å². The summed E-state index contributed by atoms with van der Waals surface area (Å²) in [6.45, 7) is 10.5. The van der Waals surface area contributed by atoms with E-state index in [4.69, 9.17) is 17.0 Å². The van der Waals surface area contributed by atoms with E-state index in [0.717, 1.165) is 6.42 Å². The summed E-state index contributed by atoms with van der Waals surface area (Å²) < 4.78 is 5.36. The summed E-state index contributed by atoms with van der Waals surface area (Å²) in [4.78, 5) is 0. The van der Waals surface area contributed by atoms with Crippen molar-refractivity contribution in [2.24, 2.45) is 5.73 Å². The molecule has 0 aromatic rings. The molecule has 0 unspecified atom stereocenters. The third-order valence-electron chi connectivity index (χ3n) is 1.22. The van der Waals surface area contributed by atoms with Crippen LogP contribution in [0.5, 0.6) is 0 Å². The predicted molar refractivity (Wildman–Crippen MR) is 42.6 cm³/mol. The SMILES string of the molecule is [CH]=CC(C)(C)OCCCN. The van der Waals surface area contributed by atoms with Gasteiger partial charge in [-0.3, -0.25) is 0 Å². The van der Waals surface area contributed by atoms with E-state index in [1.165, 1.54) is 0 Å². The smallest absolute Gasteiger partial charge is 0.0809 e. The summed E-state index contributed by atoms with van der Waals surface area (Å²) in [6, 6.07) is 0. The van der Waals surface area contributed by atoms with Crippen LogP contribution >= 0.6 is 0 Å². The molecule has 0 aliphatic carbocycles. The van der Waals surface area contributed by atoms with Gasteiger partial charge < -0.3 is 10.5 Å². The average molecular weight is 142 g/mol. The highest BCUT2D eigenvalue weighted by Crippen LogP contribution is 2.09. The molecule has 0 heterocycles. The van der Waals surface area contributed by atoms with Gasteiger partial charge in [-0.1, -0.05) is 12.7 Å². The van der Waals surface area contributed by atoms with Crippen LogP contribution in [0, 0.1) is 6.58 Å².